The standard InChI is InChI=1S/C20H19F2N5O2/c1-13-5-6-14(20(29)23-10-15-3-2-4-16(21)19(15)22)9-17(13)26-18(28)7-8-27-11-24-25-12-27/h2-6,9,11-12H,7-8,10H2,1H3,(H,23,29)(H,26,28). The summed E-state index contributed by atoms with van der Waals surface area (Å²) in [5.74, 6) is -2.64. The van der Waals surface area contributed by atoms with E-state index in [0.717, 1.165) is 11.6 Å². The number of hydrogen-bond acceptors (Lipinski definition) is 4. The van der Waals surface area contributed by atoms with Crippen LogP contribution in [-0.4, -0.2) is 26.6 Å². The number of carbonyl (C=O) groups is 2. The molecule has 3 aromatic rings. The summed E-state index contributed by atoms with van der Waals surface area (Å²) in [7, 11) is 0. The molecule has 0 aliphatic heterocycles. The van der Waals surface area contributed by atoms with Gasteiger partial charge < -0.3 is 15.2 Å². The van der Waals surface area contributed by atoms with Crippen molar-refractivity contribution in [2.24, 2.45) is 0 Å². The number of rotatable bonds is 7. The third kappa shape index (κ3) is 5.22. The van der Waals surface area contributed by atoms with Gasteiger partial charge in [0.1, 0.15) is 12.7 Å². The van der Waals surface area contributed by atoms with Gasteiger partial charge in [0.15, 0.2) is 11.6 Å². The molecule has 3 rings (SSSR count). The Labute approximate surface area is 165 Å². The molecule has 2 amide bonds. The molecule has 0 aliphatic rings. The first-order valence-corrected chi connectivity index (χ1v) is 8.88. The summed E-state index contributed by atoms with van der Waals surface area (Å²) < 4.78 is 28.7. The fraction of sp³-hybridized carbons (Fsp3) is 0.200. The Hall–Kier alpha value is -3.62. The molecule has 0 radical (unpaired) electrons. The van der Waals surface area contributed by atoms with Crippen molar-refractivity contribution in [2.45, 2.75) is 26.4 Å². The van der Waals surface area contributed by atoms with Crippen LogP contribution < -0.4 is 10.6 Å². The van der Waals surface area contributed by atoms with Crippen LogP contribution in [0.2, 0.25) is 0 Å². The van der Waals surface area contributed by atoms with Crippen LogP contribution in [0.5, 0.6) is 0 Å². The van der Waals surface area contributed by atoms with Crippen molar-refractivity contribution >= 4 is 17.5 Å². The van der Waals surface area contributed by atoms with Gasteiger partial charge in [-0.05, 0) is 30.7 Å². The van der Waals surface area contributed by atoms with Gasteiger partial charge in [0.05, 0.1) is 0 Å². The van der Waals surface area contributed by atoms with E-state index in [9.17, 15) is 18.4 Å². The lowest BCUT2D eigenvalue weighted by Crippen LogP contribution is -2.24. The third-order valence-electron chi connectivity index (χ3n) is 4.31. The molecule has 0 saturated carbocycles. The van der Waals surface area contributed by atoms with Gasteiger partial charge in [0.2, 0.25) is 5.91 Å². The topological polar surface area (TPSA) is 88.9 Å². The van der Waals surface area contributed by atoms with Crippen LogP contribution in [0.25, 0.3) is 0 Å². The first-order valence-electron chi connectivity index (χ1n) is 8.88. The molecule has 0 spiro atoms. The van der Waals surface area contributed by atoms with E-state index in [1.54, 1.807) is 29.7 Å². The lowest BCUT2D eigenvalue weighted by atomic mass is 10.1. The van der Waals surface area contributed by atoms with Crippen molar-refractivity contribution in [1.82, 2.24) is 20.1 Å². The van der Waals surface area contributed by atoms with Gasteiger partial charge in [-0.15, -0.1) is 10.2 Å². The van der Waals surface area contributed by atoms with Crippen molar-refractivity contribution in [1.29, 1.82) is 0 Å². The Balaban J connectivity index is 1.62. The van der Waals surface area contributed by atoms with E-state index in [4.69, 9.17) is 0 Å². The van der Waals surface area contributed by atoms with E-state index in [2.05, 4.69) is 20.8 Å². The number of halogens is 2. The van der Waals surface area contributed by atoms with Gasteiger partial charge in [-0.25, -0.2) is 8.78 Å². The van der Waals surface area contributed by atoms with Crippen molar-refractivity contribution in [3.8, 4) is 0 Å². The fourth-order valence-corrected chi connectivity index (χ4v) is 2.64. The molecule has 0 bridgehead atoms. The number of aromatic nitrogens is 3. The Morgan fingerprint density at radius 3 is 2.62 bits per heavy atom. The number of nitrogens with zero attached hydrogens (tertiary/aromatic N) is 3. The van der Waals surface area contributed by atoms with E-state index < -0.39 is 17.5 Å². The largest absolute Gasteiger partial charge is 0.348 e. The van der Waals surface area contributed by atoms with Crippen LogP contribution in [0.15, 0.2) is 49.1 Å². The zero-order chi connectivity index (χ0) is 20.8. The molecule has 0 fully saturated rings. The Morgan fingerprint density at radius 1 is 1.10 bits per heavy atom. The van der Waals surface area contributed by atoms with E-state index in [1.807, 2.05) is 0 Å². The highest BCUT2D eigenvalue weighted by molar-refractivity contribution is 5.97. The number of carbonyl (C=O) groups excluding carboxylic acids is 2. The predicted octanol–water partition coefficient (Wildman–Crippen LogP) is 2.82. The second-order valence-corrected chi connectivity index (χ2v) is 6.42. The smallest absolute Gasteiger partial charge is 0.251 e. The second-order valence-electron chi connectivity index (χ2n) is 6.42. The maximum absolute atomic E-state index is 13.7. The van der Waals surface area contributed by atoms with Crippen LogP contribution >= 0.6 is 0 Å². The molecule has 0 aliphatic carbocycles. The summed E-state index contributed by atoms with van der Waals surface area (Å²) in [6.45, 7) is 2.08. The summed E-state index contributed by atoms with van der Waals surface area (Å²) in [6.07, 6.45) is 3.25. The molecule has 0 unspecified atom stereocenters. The normalized spacial score (nSPS) is 10.6. The van der Waals surface area contributed by atoms with Crippen molar-refractivity contribution in [3.05, 3.63) is 77.4 Å². The van der Waals surface area contributed by atoms with Crippen LogP contribution in [-0.2, 0) is 17.9 Å². The minimum Gasteiger partial charge on any atom is -0.348 e. The minimum absolute atomic E-state index is 0.0491. The van der Waals surface area contributed by atoms with E-state index >= 15 is 0 Å². The minimum atomic E-state index is -0.988. The molecule has 150 valence electrons. The average molecular weight is 399 g/mol. The zero-order valence-corrected chi connectivity index (χ0v) is 15.7. The molecule has 1 heterocycles. The summed E-state index contributed by atoms with van der Waals surface area (Å²) >= 11 is 0. The van der Waals surface area contributed by atoms with Gasteiger partial charge in [-0.2, -0.15) is 0 Å². The Bertz CT molecular complexity index is 1020. The highest BCUT2D eigenvalue weighted by atomic mass is 19.2. The maximum atomic E-state index is 13.7. The van der Waals surface area contributed by atoms with Crippen molar-refractivity contribution in [2.75, 3.05) is 5.32 Å². The summed E-state index contributed by atoms with van der Waals surface area (Å²) in [5, 5.41) is 12.7. The average Bonchev–Trinajstić information content (AvgIpc) is 3.22. The molecule has 0 atom stereocenters. The summed E-state index contributed by atoms with van der Waals surface area (Å²) in [4.78, 5) is 24.6. The maximum Gasteiger partial charge on any atom is 0.251 e. The van der Waals surface area contributed by atoms with E-state index in [-0.39, 0.29) is 24.4 Å². The molecule has 7 nitrogen and oxygen atoms in total. The van der Waals surface area contributed by atoms with Crippen LogP contribution in [0, 0.1) is 18.6 Å². The zero-order valence-electron chi connectivity index (χ0n) is 15.7. The monoisotopic (exact) mass is 399 g/mol. The third-order valence-corrected chi connectivity index (χ3v) is 4.31. The quantitative estimate of drug-likeness (QED) is 0.639. The van der Waals surface area contributed by atoms with Gasteiger partial charge in [0.25, 0.3) is 5.91 Å². The van der Waals surface area contributed by atoms with Gasteiger partial charge in [-0.1, -0.05) is 18.2 Å². The SMILES string of the molecule is Cc1ccc(C(=O)NCc2cccc(F)c2F)cc1NC(=O)CCn1cnnc1. The molecule has 9 heteroatoms. The summed E-state index contributed by atoms with van der Waals surface area (Å²) in [6, 6.07) is 8.63. The van der Waals surface area contributed by atoms with Crippen molar-refractivity contribution in [3.63, 3.8) is 0 Å². The number of anilines is 1. The number of aryl methyl sites for hydroxylation is 2. The predicted molar refractivity (Wildman–Crippen MR) is 102 cm³/mol. The molecule has 2 N–H and O–H groups in total. The second kappa shape index (κ2) is 9.05. The Morgan fingerprint density at radius 2 is 1.86 bits per heavy atom. The first-order chi connectivity index (χ1) is 13.9. The lowest BCUT2D eigenvalue weighted by molar-refractivity contribution is -0.116. The molecule has 1 aromatic heterocycles. The number of hydrogen-bond donors (Lipinski definition) is 2. The van der Waals surface area contributed by atoms with Crippen LogP contribution in [0.3, 0.4) is 0 Å². The first kappa shape index (κ1) is 20.1. The molecule has 0 saturated heterocycles. The lowest BCUT2D eigenvalue weighted by Gasteiger charge is -2.12. The fourth-order valence-electron chi connectivity index (χ4n) is 2.64. The molecule has 29 heavy (non-hydrogen) atoms. The molecular formula is C20H19F2N5O2. The Kier molecular flexibility index (Phi) is 6.28. The van der Waals surface area contributed by atoms with Gasteiger partial charge in [-0.3, -0.25) is 9.59 Å². The number of benzene rings is 2. The van der Waals surface area contributed by atoms with E-state index in [1.165, 1.54) is 24.8 Å². The van der Waals surface area contributed by atoms with E-state index in [0.29, 0.717) is 17.8 Å². The molecular weight excluding hydrogens is 380 g/mol. The van der Waals surface area contributed by atoms with Crippen LogP contribution in [0.1, 0.15) is 27.9 Å². The number of nitrogens with one attached hydrogen (secondary N) is 2. The highest BCUT2D eigenvalue weighted by Gasteiger charge is 2.12. The highest BCUT2D eigenvalue weighted by Crippen LogP contribution is 2.18. The van der Waals surface area contributed by atoms with Gasteiger partial charge >= 0.3 is 0 Å². The van der Waals surface area contributed by atoms with Crippen molar-refractivity contribution < 1.29 is 18.4 Å². The number of amides is 2. The van der Waals surface area contributed by atoms with Gasteiger partial charge in [0, 0.05) is 36.3 Å². The molecule has 2 aromatic carbocycles. The summed E-state index contributed by atoms with van der Waals surface area (Å²) in [5.41, 5.74) is 1.63. The van der Waals surface area contributed by atoms with Crippen LogP contribution in [0.4, 0.5) is 14.5 Å².